The van der Waals surface area contributed by atoms with Gasteiger partial charge in [-0.05, 0) is 44.2 Å². The van der Waals surface area contributed by atoms with E-state index in [9.17, 15) is 18.0 Å². The molecule has 10 heteroatoms. The quantitative estimate of drug-likeness (QED) is 0.436. The molecule has 5 nitrogen and oxygen atoms in total. The maximum absolute atomic E-state index is 13.7. The minimum absolute atomic E-state index is 0.0721. The molecule has 0 saturated heterocycles. The van der Waals surface area contributed by atoms with Crippen LogP contribution in [0, 0.1) is 31.3 Å². The molecule has 1 heterocycles. The van der Waals surface area contributed by atoms with Crippen LogP contribution in [0.4, 0.5) is 18.9 Å². The van der Waals surface area contributed by atoms with Crippen LogP contribution < -0.4 is 10.9 Å². The van der Waals surface area contributed by atoms with Crippen LogP contribution in [0.1, 0.15) is 17.0 Å². The van der Waals surface area contributed by atoms with Crippen molar-refractivity contribution in [3.63, 3.8) is 0 Å². The minimum atomic E-state index is -1.63. The van der Waals surface area contributed by atoms with Crippen molar-refractivity contribution in [3.8, 4) is 5.69 Å². The van der Waals surface area contributed by atoms with Crippen molar-refractivity contribution in [2.45, 2.75) is 20.3 Å². The fourth-order valence-electron chi connectivity index (χ4n) is 2.76. The Hall–Kier alpha value is -2.71. The summed E-state index contributed by atoms with van der Waals surface area (Å²) in [7, 11) is 0. The van der Waals surface area contributed by atoms with E-state index in [0.29, 0.717) is 32.7 Å². The van der Waals surface area contributed by atoms with Crippen molar-refractivity contribution in [1.82, 2.24) is 15.2 Å². The molecule has 0 fully saturated rings. The molecule has 0 saturated carbocycles. The van der Waals surface area contributed by atoms with E-state index in [4.69, 9.17) is 23.2 Å². The molecule has 152 valence electrons. The number of benzene rings is 2. The highest BCUT2D eigenvalue weighted by molar-refractivity contribution is 6.42. The first-order chi connectivity index (χ1) is 13.7. The lowest BCUT2D eigenvalue weighted by Gasteiger charge is -2.10. The summed E-state index contributed by atoms with van der Waals surface area (Å²) < 4.78 is 41.5. The van der Waals surface area contributed by atoms with Crippen molar-refractivity contribution in [3.05, 3.63) is 74.8 Å². The topological polar surface area (TPSA) is 59.0 Å². The van der Waals surface area contributed by atoms with Crippen LogP contribution in [0.3, 0.4) is 0 Å². The summed E-state index contributed by atoms with van der Waals surface area (Å²) in [4.78, 5) is 12.3. The van der Waals surface area contributed by atoms with Gasteiger partial charge in [0.25, 0.3) is 0 Å². The zero-order valence-corrected chi connectivity index (χ0v) is 16.8. The van der Waals surface area contributed by atoms with E-state index in [1.54, 1.807) is 36.7 Å². The highest BCUT2D eigenvalue weighted by Crippen LogP contribution is 2.26. The number of halogens is 5. The van der Waals surface area contributed by atoms with E-state index in [0.717, 1.165) is 12.1 Å². The number of hydrogen-bond acceptors (Lipinski definition) is 3. The average molecular weight is 443 g/mol. The van der Waals surface area contributed by atoms with Gasteiger partial charge in [0.2, 0.25) is 5.91 Å². The smallest absolute Gasteiger partial charge is 0.242 e. The number of amides is 1. The Morgan fingerprint density at radius 3 is 2.48 bits per heavy atom. The lowest BCUT2D eigenvalue weighted by molar-refractivity contribution is -0.119. The Morgan fingerprint density at radius 1 is 1.07 bits per heavy atom. The number of aryl methyl sites for hydroxylation is 1. The molecule has 3 rings (SSSR count). The summed E-state index contributed by atoms with van der Waals surface area (Å²) in [6.45, 7) is 3.53. The second-order valence-corrected chi connectivity index (χ2v) is 7.05. The fraction of sp³-hybridized carbons (Fsp3) is 0.158. The Balaban J connectivity index is 1.75. The summed E-state index contributed by atoms with van der Waals surface area (Å²) in [6, 6.07) is 6.77. The first-order valence-corrected chi connectivity index (χ1v) is 9.13. The molecule has 0 atom stereocenters. The van der Waals surface area contributed by atoms with Gasteiger partial charge in [0.1, 0.15) is 0 Å². The van der Waals surface area contributed by atoms with Crippen LogP contribution in [0.25, 0.3) is 5.69 Å². The second kappa shape index (κ2) is 8.34. The molecule has 0 aliphatic heterocycles. The Morgan fingerprint density at radius 2 is 1.79 bits per heavy atom. The maximum Gasteiger partial charge on any atom is 0.242 e. The van der Waals surface area contributed by atoms with E-state index in [1.807, 2.05) is 0 Å². The van der Waals surface area contributed by atoms with Gasteiger partial charge in [0.15, 0.2) is 17.5 Å². The molecule has 2 N–H and O–H groups in total. The predicted octanol–water partition coefficient (Wildman–Crippen LogP) is 4.90. The zero-order chi connectivity index (χ0) is 21.3. The first-order valence-electron chi connectivity index (χ1n) is 8.38. The first kappa shape index (κ1) is 21.0. The molecule has 0 aliphatic rings. The van der Waals surface area contributed by atoms with Crippen LogP contribution in [-0.4, -0.2) is 15.7 Å². The largest absolute Gasteiger partial charge is 0.296 e. The third-order valence-electron chi connectivity index (χ3n) is 4.30. The second-order valence-electron chi connectivity index (χ2n) is 6.23. The summed E-state index contributed by atoms with van der Waals surface area (Å²) in [6.07, 6.45) is -0.0721. The van der Waals surface area contributed by atoms with Crippen LogP contribution >= 0.6 is 23.2 Å². The molecule has 1 aromatic heterocycles. The number of nitrogens with one attached hydrogen (secondary N) is 2. The number of hydrogen-bond donors (Lipinski definition) is 2. The lowest BCUT2D eigenvalue weighted by Crippen LogP contribution is -2.31. The lowest BCUT2D eigenvalue weighted by atomic mass is 10.1. The third-order valence-corrected chi connectivity index (χ3v) is 5.04. The third kappa shape index (κ3) is 4.33. The maximum atomic E-state index is 13.7. The van der Waals surface area contributed by atoms with Crippen molar-refractivity contribution in [2.75, 3.05) is 5.43 Å². The number of hydrazine groups is 1. The van der Waals surface area contributed by atoms with Gasteiger partial charge >= 0.3 is 0 Å². The van der Waals surface area contributed by atoms with Crippen LogP contribution in [0.2, 0.25) is 10.0 Å². The van der Waals surface area contributed by atoms with Gasteiger partial charge < -0.3 is 0 Å². The molecule has 0 radical (unpaired) electrons. The normalized spacial score (nSPS) is 10.9. The summed E-state index contributed by atoms with van der Waals surface area (Å²) in [5, 5.41) is 5.20. The summed E-state index contributed by atoms with van der Waals surface area (Å²) in [5.41, 5.74) is 6.77. The van der Waals surface area contributed by atoms with E-state index < -0.39 is 29.0 Å². The van der Waals surface area contributed by atoms with Gasteiger partial charge in [-0.25, -0.2) is 17.9 Å². The highest BCUT2D eigenvalue weighted by Gasteiger charge is 2.18. The molecule has 0 unspecified atom stereocenters. The Bertz CT molecular complexity index is 1100. The van der Waals surface area contributed by atoms with E-state index in [2.05, 4.69) is 16.0 Å². The SMILES string of the molecule is Cc1nn(-c2ccc(Cl)c(Cl)c2)c(C)c1CC(=O)NNc1ccc(F)c(F)c1F. The van der Waals surface area contributed by atoms with Crippen molar-refractivity contribution in [1.29, 1.82) is 0 Å². The number of carbonyl (C=O) groups is 1. The Kier molecular flexibility index (Phi) is 6.04. The van der Waals surface area contributed by atoms with Gasteiger partial charge in [0.05, 0.1) is 33.5 Å². The molecule has 3 aromatic rings. The van der Waals surface area contributed by atoms with Crippen LogP contribution in [0.5, 0.6) is 0 Å². The van der Waals surface area contributed by atoms with Crippen LogP contribution in [-0.2, 0) is 11.2 Å². The van der Waals surface area contributed by atoms with Crippen molar-refractivity contribution in [2.24, 2.45) is 0 Å². The zero-order valence-electron chi connectivity index (χ0n) is 15.3. The molecule has 29 heavy (non-hydrogen) atoms. The molecule has 0 bridgehead atoms. The number of carbonyl (C=O) groups excluding carboxylic acids is 1. The number of nitrogens with zero attached hydrogens (tertiary/aromatic N) is 2. The molecular weight excluding hydrogens is 428 g/mol. The van der Waals surface area contributed by atoms with Crippen molar-refractivity contribution < 1.29 is 18.0 Å². The van der Waals surface area contributed by atoms with Gasteiger partial charge in [0, 0.05) is 11.3 Å². The molecule has 0 spiro atoms. The van der Waals surface area contributed by atoms with E-state index in [-0.39, 0.29) is 6.42 Å². The predicted molar refractivity (Wildman–Crippen MR) is 105 cm³/mol. The van der Waals surface area contributed by atoms with Gasteiger partial charge in [-0.2, -0.15) is 5.10 Å². The molecule has 0 aliphatic carbocycles. The van der Waals surface area contributed by atoms with Crippen molar-refractivity contribution >= 4 is 34.8 Å². The minimum Gasteiger partial charge on any atom is -0.296 e. The average Bonchev–Trinajstić information content (AvgIpc) is 2.96. The van der Waals surface area contributed by atoms with E-state index >= 15 is 0 Å². The van der Waals surface area contributed by atoms with Gasteiger partial charge in [-0.3, -0.25) is 15.6 Å². The number of anilines is 1. The highest BCUT2D eigenvalue weighted by atomic mass is 35.5. The van der Waals surface area contributed by atoms with E-state index in [1.165, 1.54) is 0 Å². The van der Waals surface area contributed by atoms with Gasteiger partial charge in [-0.1, -0.05) is 23.2 Å². The number of rotatable bonds is 5. The monoisotopic (exact) mass is 442 g/mol. The Labute approximate surface area is 174 Å². The fourth-order valence-corrected chi connectivity index (χ4v) is 3.06. The van der Waals surface area contributed by atoms with Crippen LogP contribution in [0.15, 0.2) is 30.3 Å². The summed E-state index contributed by atoms with van der Waals surface area (Å²) in [5.74, 6) is -4.89. The number of aromatic nitrogens is 2. The molecule has 2 aromatic carbocycles. The summed E-state index contributed by atoms with van der Waals surface area (Å²) >= 11 is 12.0. The van der Waals surface area contributed by atoms with Gasteiger partial charge in [-0.15, -0.1) is 0 Å². The molecule has 1 amide bonds. The standard InChI is InChI=1S/C19H15Cl2F3N4O/c1-9-12(10(2)28(27-9)11-3-4-13(20)14(21)7-11)8-17(29)26-25-16-6-5-15(22)18(23)19(16)24/h3-7,25H,8H2,1-2H3,(H,26,29). The molecular formula is C19H15Cl2F3N4O.